The number of carbonyl (C=O) groups is 2. The largest absolute Gasteiger partial charge is 0.480 e. The van der Waals surface area contributed by atoms with Crippen molar-refractivity contribution in [3.63, 3.8) is 0 Å². The molecule has 1 amide bonds. The van der Waals surface area contributed by atoms with Gasteiger partial charge in [0.05, 0.1) is 13.2 Å². The molecule has 3 fully saturated rings. The molecule has 3 atom stereocenters. The SMILES string of the molecule is O=C(O)[C@@H]1COCCN1C(=O)C1[C@@H]2CCCC[C@@H]12. The lowest BCUT2D eigenvalue weighted by atomic mass is 10.0. The number of hydrogen-bond acceptors (Lipinski definition) is 3. The van der Waals surface area contributed by atoms with Gasteiger partial charge in [-0.3, -0.25) is 4.79 Å². The minimum Gasteiger partial charge on any atom is -0.480 e. The van der Waals surface area contributed by atoms with Crippen LogP contribution in [0.15, 0.2) is 0 Å². The molecule has 1 heterocycles. The lowest BCUT2D eigenvalue weighted by Crippen LogP contribution is -2.53. The van der Waals surface area contributed by atoms with E-state index in [1.165, 1.54) is 17.7 Å². The maximum absolute atomic E-state index is 12.4. The lowest BCUT2D eigenvalue weighted by molar-refractivity contribution is -0.159. The Kier molecular flexibility index (Phi) is 3.01. The topological polar surface area (TPSA) is 66.8 Å². The van der Waals surface area contributed by atoms with Crippen molar-refractivity contribution in [3.05, 3.63) is 0 Å². The molecule has 100 valence electrons. The van der Waals surface area contributed by atoms with Crippen molar-refractivity contribution in [1.29, 1.82) is 0 Å². The normalized spacial score (nSPS) is 39.0. The molecule has 5 nitrogen and oxygen atoms in total. The van der Waals surface area contributed by atoms with E-state index in [4.69, 9.17) is 9.84 Å². The first-order valence-electron chi connectivity index (χ1n) is 6.81. The van der Waals surface area contributed by atoms with Gasteiger partial charge in [-0.05, 0) is 24.7 Å². The van der Waals surface area contributed by atoms with E-state index < -0.39 is 12.0 Å². The van der Waals surface area contributed by atoms with Crippen LogP contribution in [0.4, 0.5) is 0 Å². The van der Waals surface area contributed by atoms with Gasteiger partial charge in [-0.15, -0.1) is 0 Å². The van der Waals surface area contributed by atoms with Crippen molar-refractivity contribution in [2.75, 3.05) is 19.8 Å². The van der Waals surface area contributed by atoms with E-state index in [9.17, 15) is 9.59 Å². The van der Waals surface area contributed by atoms with E-state index in [2.05, 4.69) is 0 Å². The molecule has 18 heavy (non-hydrogen) atoms. The van der Waals surface area contributed by atoms with Gasteiger partial charge in [0.15, 0.2) is 6.04 Å². The van der Waals surface area contributed by atoms with Gasteiger partial charge in [0.2, 0.25) is 5.91 Å². The fraction of sp³-hybridized carbons (Fsp3) is 0.846. The maximum Gasteiger partial charge on any atom is 0.328 e. The Hall–Kier alpha value is -1.10. The summed E-state index contributed by atoms with van der Waals surface area (Å²) in [6.45, 7) is 1.01. The molecule has 0 unspecified atom stereocenters. The zero-order valence-corrected chi connectivity index (χ0v) is 10.4. The van der Waals surface area contributed by atoms with E-state index >= 15 is 0 Å². The van der Waals surface area contributed by atoms with Crippen LogP contribution >= 0.6 is 0 Å². The summed E-state index contributed by atoms with van der Waals surface area (Å²) in [7, 11) is 0. The summed E-state index contributed by atoms with van der Waals surface area (Å²) >= 11 is 0. The van der Waals surface area contributed by atoms with E-state index in [1.54, 1.807) is 0 Å². The van der Waals surface area contributed by atoms with Gasteiger partial charge in [-0.25, -0.2) is 4.79 Å². The van der Waals surface area contributed by atoms with Crippen molar-refractivity contribution < 1.29 is 19.4 Å². The Balaban J connectivity index is 1.69. The van der Waals surface area contributed by atoms with Crippen LogP contribution in [0.1, 0.15) is 25.7 Å². The van der Waals surface area contributed by atoms with Crippen molar-refractivity contribution in [3.8, 4) is 0 Å². The first-order valence-corrected chi connectivity index (χ1v) is 6.81. The van der Waals surface area contributed by atoms with Gasteiger partial charge in [0, 0.05) is 12.5 Å². The van der Waals surface area contributed by atoms with E-state index in [0.29, 0.717) is 25.0 Å². The van der Waals surface area contributed by atoms with Gasteiger partial charge in [-0.1, -0.05) is 12.8 Å². The number of hydrogen-bond donors (Lipinski definition) is 1. The highest BCUT2D eigenvalue weighted by Crippen LogP contribution is 2.56. The highest BCUT2D eigenvalue weighted by molar-refractivity contribution is 5.87. The summed E-state index contributed by atoms with van der Waals surface area (Å²) in [5.74, 6) is 0.272. The molecule has 1 aliphatic heterocycles. The monoisotopic (exact) mass is 253 g/mol. The van der Waals surface area contributed by atoms with E-state index in [-0.39, 0.29) is 18.4 Å². The quantitative estimate of drug-likeness (QED) is 0.788. The number of fused-ring (bicyclic) bond motifs is 1. The second-order valence-corrected chi connectivity index (χ2v) is 5.60. The number of aliphatic carboxylic acids is 1. The third kappa shape index (κ3) is 1.90. The van der Waals surface area contributed by atoms with E-state index in [0.717, 1.165) is 12.8 Å². The zero-order chi connectivity index (χ0) is 12.7. The molecular formula is C13H19NO4. The van der Waals surface area contributed by atoms with Gasteiger partial charge in [-0.2, -0.15) is 0 Å². The maximum atomic E-state index is 12.4. The van der Waals surface area contributed by atoms with Gasteiger partial charge in [0.1, 0.15) is 0 Å². The Morgan fingerprint density at radius 3 is 2.44 bits per heavy atom. The van der Waals surface area contributed by atoms with Crippen LogP contribution in [0.2, 0.25) is 0 Å². The molecule has 0 bridgehead atoms. The van der Waals surface area contributed by atoms with Crippen molar-refractivity contribution in [2.45, 2.75) is 31.7 Å². The van der Waals surface area contributed by atoms with Crippen LogP contribution in [-0.2, 0) is 14.3 Å². The standard InChI is InChI=1S/C13H19NO4/c15-12(11-8-3-1-2-4-9(8)11)14-5-6-18-7-10(14)13(16)17/h8-11H,1-7H2,(H,16,17)/t8-,9-,10+/m1/s1. The summed E-state index contributed by atoms with van der Waals surface area (Å²) in [6.07, 6.45) is 4.72. The van der Waals surface area contributed by atoms with E-state index in [1.807, 2.05) is 0 Å². The molecule has 0 aromatic heterocycles. The molecule has 1 N–H and O–H groups in total. The summed E-state index contributed by atoms with van der Waals surface area (Å²) in [5.41, 5.74) is 0. The van der Waals surface area contributed by atoms with Gasteiger partial charge in [0.25, 0.3) is 0 Å². The third-order valence-corrected chi connectivity index (χ3v) is 4.64. The number of ether oxygens (including phenoxy) is 1. The van der Waals surface area contributed by atoms with Crippen LogP contribution in [0, 0.1) is 17.8 Å². The van der Waals surface area contributed by atoms with Crippen LogP contribution in [-0.4, -0.2) is 47.7 Å². The number of nitrogens with zero attached hydrogens (tertiary/aromatic N) is 1. The number of carboxylic acid groups (broad SMARTS) is 1. The fourth-order valence-electron chi connectivity index (χ4n) is 3.62. The molecule has 1 saturated heterocycles. The third-order valence-electron chi connectivity index (χ3n) is 4.64. The molecule has 3 rings (SSSR count). The smallest absolute Gasteiger partial charge is 0.328 e. The zero-order valence-electron chi connectivity index (χ0n) is 10.4. The molecule has 2 saturated carbocycles. The Bertz CT molecular complexity index is 358. The Labute approximate surface area is 106 Å². The minimum atomic E-state index is -0.952. The summed E-state index contributed by atoms with van der Waals surface area (Å²) in [4.78, 5) is 25.1. The summed E-state index contributed by atoms with van der Waals surface area (Å²) in [5, 5.41) is 9.14. The van der Waals surface area contributed by atoms with Crippen molar-refractivity contribution >= 4 is 11.9 Å². The second kappa shape index (κ2) is 4.53. The number of carbonyl (C=O) groups excluding carboxylic acids is 1. The summed E-state index contributed by atoms with van der Waals surface area (Å²) in [6, 6.07) is -0.783. The van der Waals surface area contributed by atoms with Crippen LogP contribution < -0.4 is 0 Å². The van der Waals surface area contributed by atoms with Crippen molar-refractivity contribution in [1.82, 2.24) is 4.90 Å². The Morgan fingerprint density at radius 1 is 1.17 bits per heavy atom. The first-order chi connectivity index (χ1) is 8.70. The van der Waals surface area contributed by atoms with Crippen LogP contribution in [0.3, 0.4) is 0 Å². The second-order valence-electron chi connectivity index (χ2n) is 5.60. The fourth-order valence-corrected chi connectivity index (χ4v) is 3.62. The predicted molar refractivity (Wildman–Crippen MR) is 62.9 cm³/mol. The molecule has 0 spiro atoms. The van der Waals surface area contributed by atoms with Gasteiger partial charge < -0.3 is 14.7 Å². The van der Waals surface area contributed by atoms with Crippen LogP contribution in [0.5, 0.6) is 0 Å². The molecule has 2 aliphatic carbocycles. The molecule has 3 aliphatic rings. The number of morpholine rings is 1. The number of rotatable bonds is 2. The number of carboxylic acids is 1. The lowest BCUT2D eigenvalue weighted by Gasteiger charge is -2.33. The van der Waals surface area contributed by atoms with Gasteiger partial charge >= 0.3 is 5.97 Å². The molecule has 0 aromatic carbocycles. The molecular weight excluding hydrogens is 234 g/mol. The number of amides is 1. The van der Waals surface area contributed by atoms with Crippen LogP contribution in [0.25, 0.3) is 0 Å². The molecule has 0 aromatic rings. The summed E-state index contributed by atoms with van der Waals surface area (Å²) < 4.78 is 5.17. The highest BCUT2D eigenvalue weighted by Gasteiger charge is 2.56. The minimum absolute atomic E-state index is 0.0580. The average Bonchev–Trinajstić information content (AvgIpc) is 3.12. The predicted octanol–water partition coefficient (Wildman–Crippen LogP) is 0.735. The molecule has 0 radical (unpaired) electrons. The Morgan fingerprint density at radius 2 is 1.83 bits per heavy atom. The average molecular weight is 253 g/mol. The first kappa shape index (κ1) is 12.0. The molecule has 5 heteroatoms. The van der Waals surface area contributed by atoms with Crippen molar-refractivity contribution in [2.24, 2.45) is 17.8 Å². The highest BCUT2D eigenvalue weighted by atomic mass is 16.5.